The monoisotopic (exact) mass is 278 g/mol. The molecule has 20 heavy (non-hydrogen) atoms. The molecule has 0 aromatic heterocycles. The Morgan fingerprint density at radius 1 is 1.30 bits per heavy atom. The lowest BCUT2D eigenvalue weighted by Crippen LogP contribution is -2.49. The van der Waals surface area contributed by atoms with Crippen molar-refractivity contribution in [2.75, 3.05) is 46.4 Å². The first-order valence-electron chi connectivity index (χ1n) is 6.93. The third kappa shape index (κ3) is 3.29. The van der Waals surface area contributed by atoms with Crippen LogP contribution in [0.1, 0.15) is 15.9 Å². The molecule has 1 fully saturated rings. The first-order valence-corrected chi connectivity index (χ1v) is 6.93. The van der Waals surface area contributed by atoms with E-state index in [1.807, 2.05) is 30.0 Å². The molecule has 0 aliphatic carbocycles. The summed E-state index contributed by atoms with van der Waals surface area (Å²) < 4.78 is 5.28. The van der Waals surface area contributed by atoms with E-state index in [1.165, 1.54) is 0 Å². The van der Waals surface area contributed by atoms with Crippen molar-refractivity contribution in [2.45, 2.75) is 6.92 Å². The number of β-amino-alcohol motifs (C(OH)–C–C–N with tert-alkyl or cyclic N) is 1. The molecule has 110 valence electrons. The van der Waals surface area contributed by atoms with Gasteiger partial charge in [0.15, 0.2) is 0 Å². The summed E-state index contributed by atoms with van der Waals surface area (Å²) >= 11 is 0. The number of benzene rings is 1. The van der Waals surface area contributed by atoms with Gasteiger partial charge < -0.3 is 14.7 Å². The van der Waals surface area contributed by atoms with Crippen molar-refractivity contribution >= 4 is 5.91 Å². The zero-order valence-electron chi connectivity index (χ0n) is 12.1. The van der Waals surface area contributed by atoms with Crippen molar-refractivity contribution < 1.29 is 14.6 Å². The lowest BCUT2D eigenvalue weighted by atomic mass is 10.1. The smallest absolute Gasteiger partial charge is 0.257 e. The number of methoxy groups -OCH3 is 1. The first-order chi connectivity index (χ1) is 9.65. The summed E-state index contributed by atoms with van der Waals surface area (Å²) in [7, 11) is 1.58. The topological polar surface area (TPSA) is 53.0 Å². The number of hydrogen-bond acceptors (Lipinski definition) is 4. The van der Waals surface area contributed by atoms with Crippen LogP contribution in [0.5, 0.6) is 5.75 Å². The number of aliphatic hydroxyl groups is 1. The zero-order valence-corrected chi connectivity index (χ0v) is 12.1. The number of carbonyl (C=O) groups excluding carboxylic acids is 1. The largest absolute Gasteiger partial charge is 0.496 e. The van der Waals surface area contributed by atoms with Gasteiger partial charge in [-0.15, -0.1) is 0 Å². The van der Waals surface area contributed by atoms with Gasteiger partial charge in [-0.3, -0.25) is 9.69 Å². The molecule has 5 heteroatoms. The van der Waals surface area contributed by atoms with Crippen molar-refractivity contribution in [3.05, 3.63) is 29.3 Å². The van der Waals surface area contributed by atoms with Crippen LogP contribution < -0.4 is 4.74 Å². The van der Waals surface area contributed by atoms with E-state index in [-0.39, 0.29) is 12.5 Å². The Kier molecular flexibility index (Phi) is 4.98. The molecule has 0 unspecified atom stereocenters. The van der Waals surface area contributed by atoms with Crippen LogP contribution in [-0.4, -0.2) is 67.3 Å². The Labute approximate surface area is 119 Å². The van der Waals surface area contributed by atoms with E-state index in [9.17, 15) is 4.79 Å². The molecule has 0 spiro atoms. The highest BCUT2D eigenvalue weighted by Gasteiger charge is 2.24. The second kappa shape index (κ2) is 6.72. The van der Waals surface area contributed by atoms with Gasteiger partial charge in [0, 0.05) is 32.7 Å². The maximum Gasteiger partial charge on any atom is 0.257 e. The summed E-state index contributed by atoms with van der Waals surface area (Å²) in [6.45, 7) is 5.80. The van der Waals surface area contributed by atoms with E-state index in [2.05, 4.69) is 4.90 Å². The number of aryl methyl sites for hydroxylation is 1. The average Bonchev–Trinajstić information content (AvgIpc) is 2.47. The van der Waals surface area contributed by atoms with Crippen molar-refractivity contribution in [2.24, 2.45) is 0 Å². The van der Waals surface area contributed by atoms with E-state index in [1.54, 1.807) is 7.11 Å². The molecule has 5 nitrogen and oxygen atoms in total. The Balaban J connectivity index is 2.07. The zero-order chi connectivity index (χ0) is 14.5. The van der Waals surface area contributed by atoms with Crippen LogP contribution in [0.4, 0.5) is 0 Å². The number of nitrogens with zero attached hydrogens (tertiary/aromatic N) is 2. The molecule has 2 rings (SSSR count). The second-order valence-electron chi connectivity index (χ2n) is 5.06. The van der Waals surface area contributed by atoms with Crippen LogP contribution in [0.3, 0.4) is 0 Å². The number of amides is 1. The van der Waals surface area contributed by atoms with Gasteiger partial charge in [0.2, 0.25) is 0 Å². The van der Waals surface area contributed by atoms with E-state index < -0.39 is 0 Å². The van der Waals surface area contributed by atoms with Gasteiger partial charge in [0.1, 0.15) is 5.75 Å². The van der Waals surface area contributed by atoms with Gasteiger partial charge in [-0.05, 0) is 19.1 Å². The Morgan fingerprint density at radius 2 is 2.00 bits per heavy atom. The van der Waals surface area contributed by atoms with Crippen LogP contribution in [-0.2, 0) is 0 Å². The van der Waals surface area contributed by atoms with Gasteiger partial charge >= 0.3 is 0 Å². The molecule has 1 aliphatic heterocycles. The molecular formula is C15H22N2O3. The predicted octanol–water partition coefficient (Wildman–Crippen LogP) is 0.754. The summed E-state index contributed by atoms with van der Waals surface area (Å²) in [5, 5.41) is 8.93. The molecule has 0 saturated carbocycles. The number of carbonyl (C=O) groups is 1. The molecule has 1 amide bonds. The Hall–Kier alpha value is -1.59. The molecule has 1 aromatic rings. The van der Waals surface area contributed by atoms with Crippen LogP contribution >= 0.6 is 0 Å². The van der Waals surface area contributed by atoms with Gasteiger partial charge in [0.05, 0.1) is 19.3 Å². The quantitative estimate of drug-likeness (QED) is 0.883. The van der Waals surface area contributed by atoms with Crippen LogP contribution in [0.2, 0.25) is 0 Å². The van der Waals surface area contributed by atoms with Gasteiger partial charge in [0.25, 0.3) is 5.91 Å². The fourth-order valence-electron chi connectivity index (χ4n) is 2.48. The highest BCUT2D eigenvalue weighted by atomic mass is 16.5. The van der Waals surface area contributed by atoms with Crippen molar-refractivity contribution in [1.82, 2.24) is 9.80 Å². The molecule has 1 heterocycles. The minimum absolute atomic E-state index is 0.0224. The Bertz CT molecular complexity index is 468. The average molecular weight is 278 g/mol. The van der Waals surface area contributed by atoms with Crippen molar-refractivity contribution in [1.29, 1.82) is 0 Å². The third-order valence-corrected chi connectivity index (χ3v) is 3.66. The summed E-state index contributed by atoms with van der Waals surface area (Å²) in [5.41, 5.74) is 1.68. The highest BCUT2D eigenvalue weighted by molar-refractivity contribution is 5.97. The van der Waals surface area contributed by atoms with Crippen LogP contribution in [0, 0.1) is 6.92 Å². The number of piperazine rings is 1. The SMILES string of the molecule is COc1ccc(C)cc1C(=O)N1CCN(CCO)CC1. The van der Waals surface area contributed by atoms with E-state index in [0.29, 0.717) is 30.9 Å². The maximum absolute atomic E-state index is 12.6. The summed E-state index contributed by atoms with van der Waals surface area (Å²) in [5.74, 6) is 0.646. The van der Waals surface area contributed by atoms with E-state index >= 15 is 0 Å². The van der Waals surface area contributed by atoms with Crippen molar-refractivity contribution in [3.63, 3.8) is 0 Å². The number of hydrogen-bond donors (Lipinski definition) is 1. The molecular weight excluding hydrogens is 256 g/mol. The summed E-state index contributed by atoms with van der Waals surface area (Å²) in [6, 6.07) is 5.65. The fourth-order valence-corrected chi connectivity index (χ4v) is 2.48. The Morgan fingerprint density at radius 3 is 2.60 bits per heavy atom. The molecule has 1 saturated heterocycles. The molecule has 0 atom stereocenters. The summed E-state index contributed by atoms with van der Waals surface area (Å²) in [6.07, 6.45) is 0. The second-order valence-corrected chi connectivity index (χ2v) is 5.06. The molecule has 0 radical (unpaired) electrons. The van der Waals surface area contributed by atoms with Crippen LogP contribution in [0.25, 0.3) is 0 Å². The number of rotatable bonds is 4. The van der Waals surface area contributed by atoms with E-state index in [0.717, 1.165) is 18.7 Å². The number of ether oxygens (including phenoxy) is 1. The standard InChI is InChI=1S/C15H22N2O3/c1-12-3-4-14(20-2)13(11-12)15(19)17-7-5-16(6-8-17)9-10-18/h3-4,11,18H,5-10H2,1-2H3. The van der Waals surface area contributed by atoms with Crippen LogP contribution in [0.15, 0.2) is 18.2 Å². The minimum atomic E-state index is 0.0224. The summed E-state index contributed by atoms with van der Waals surface area (Å²) in [4.78, 5) is 16.6. The third-order valence-electron chi connectivity index (χ3n) is 3.66. The lowest BCUT2D eigenvalue weighted by molar-refractivity contribution is 0.0612. The molecule has 1 N–H and O–H groups in total. The fraction of sp³-hybridized carbons (Fsp3) is 0.533. The van der Waals surface area contributed by atoms with Gasteiger partial charge in [-0.1, -0.05) is 11.6 Å². The normalized spacial score (nSPS) is 16.2. The van der Waals surface area contributed by atoms with Gasteiger partial charge in [-0.25, -0.2) is 0 Å². The minimum Gasteiger partial charge on any atom is -0.496 e. The molecule has 1 aliphatic rings. The predicted molar refractivity (Wildman–Crippen MR) is 77.2 cm³/mol. The maximum atomic E-state index is 12.6. The highest BCUT2D eigenvalue weighted by Crippen LogP contribution is 2.22. The molecule has 1 aromatic carbocycles. The first kappa shape index (κ1) is 14.8. The molecule has 0 bridgehead atoms. The number of aliphatic hydroxyl groups excluding tert-OH is 1. The lowest BCUT2D eigenvalue weighted by Gasteiger charge is -2.34. The van der Waals surface area contributed by atoms with E-state index in [4.69, 9.17) is 9.84 Å². The van der Waals surface area contributed by atoms with Gasteiger partial charge in [-0.2, -0.15) is 0 Å². The van der Waals surface area contributed by atoms with Crippen molar-refractivity contribution in [3.8, 4) is 5.75 Å².